The summed E-state index contributed by atoms with van der Waals surface area (Å²) < 4.78 is 9.46. The number of nitrogens with zero attached hydrogens (tertiary/aromatic N) is 4. The monoisotopic (exact) mass is 837 g/mol. The highest BCUT2D eigenvalue weighted by Crippen LogP contribution is 2.31. The number of fused-ring (bicyclic) bond motifs is 2. The number of rotatable bonds is 14. The first-order valence-corrected chi connectivity index (χ1v) is 20.0. The molecule has 2 aliphatic heterocycles. The molecular weight excluding hydrogens is 786 g/mol. The van der Waals surface area contributed by atoms with Crippen LogP contribution in [0.1, 0.15) is 98.5 Å². The van der Waals surface area contributed by atoms with E-state index in [4.69, 9.17) is 15.2 Å². The van der Waals surface area contributed by atoms with E-state index in [1.165, 1.54) is 31.9 Å². The average molecular weight is 839 g/mol. The van der Waals surface area contributed by atoms with E-state index in [0.29, 0.717) is 41.6 Å². The number of alkyl halides is 1. The van der Waals surface area contributed by atoms with Gasteiger partial charge in [-0.15, -0.1) is 0 Å². The first-order chi connectivity index (χ1) is 27.3. The Morgan fingerprint density at radius 1 is 0.596 bits per heavy atom. The van der Waals surface area contributed by atoms with Gasteiger partial charge in [-0.25, -0.2) is 9.59 Å². The zero-order chi connectivity index (χ0) is 39.9. The van der Waals surface area contributed by atoms with Crippen molar-refractivity contribution in [2.75, 3.05) is 49.0 Å². The second-order valence-corrected chi connectivity index (χ2v) is 14.1. The normalized spacial score (nSPS) is 14.0. The smallest absolute Gasteiger partial charge is 0.337 e. The Hall–Kier alpha value is -5.46. The van der Waals surface area contributed by atoms with E-state index in [0.717, 1.165) is 85.6 Å². The van der Waals surface area contributed by atoms with Gasteiger partial charge in [0.15, 0.2) is 0 Å². The molecule has 12 heteroatoms. The van der Waals surface area contributed by atoms with Gasteiger partial charge in [0.1, 0.15) is 11.7 Å². The zero-order valence-electron chi connectivity index (χ0n) is 31.9. The lowest BCUT2D eigenvalue weighted by atomic mass is 10.1. The lowest BCUT2D eigenvalue weighted by Crippen LogP contribution is -2.29. The van der Waals surface area contributed by atoms with E-state index in [1.807, 2.05) is 24.3 Å². The van der Waals surface area contributed by atoms with E-state index in [2.05, 4.69) is 60.0 Å². The first kappa shape index (κ1) is 44.3. The lowest BCUT2D eigenvalue weighted by molar-refractivity contribution is 0.0591. The third-order valence-corrected chi connectivity index (χ3v) is 10.1. The summed E-state index contributed by atoms with van der Waals surface area (Å²) in [6.07, 6.45) is 7.54. The van der Waals surface area contributed by atoms with Crippen molar-refractivity contribution in [3.05, 3.63) is 130 Å². The number of carbonyl (C=O) groups excluding carboxylic acids is 4. The van der Waals surface area contributed by atoms with Crippen LogP contribution in [0.15, 0.2) is 107 Å². The number of unbranched alkanes of at least 4 members (excludes halogenated alkanes) is 4. The molecule has 0 spiro atoms. The number of halogens is 1. The van der Waals surface area contributed by atoms with Gasteiger partial charge in [-0.3, -0.25) is 9.59 Å². The van der Waals surface area contributed by atoms with Crippen LogP contribution in [0, 0.1) is 0 Å². The SMILES string of the molecule is C.COC(=O)c1cccc(C(=O)N=C2Cc3ccccc3N2CCCCCBr)c1.COC(=O)c1cccc(C(=O)N=C2Cc3ccccc3N2CCCCCN)c1. The van der Waals surface area contributed by atoms with Crippen molar-refractivity contribution in [3.63, 3.8) is 0 Å². The van der Waals surface area contributed by atoms with E-state index < -0.39 is 11.9 Å². The quantitative estimate of drug-likeness (QED) is 0.0752. The molecule has 0 fully saturated rings. The highest BCUT2D eigenvalue weighted by molar-refractivity contribution is 9.09. The van der Waals surface area contributed by atoms with Gasteiger partial charge in [0.25, 0.3) is 11.8 Å². The molecule has 0 bridgehead atoms. The van der Waals surface area contributed by atoms with E-state index in [-0.39, 0.29) is 19.2 Å². The molecule has 2 heterocycles. The number of nitrogens with two attached hydrogens (primary N) is 1. The number of hydrogen-bond acceptors (Lipinski definition) is 7. The molecule has 11 nitrogen and oxygen atoms in total. The molecule has 0 radical (unpaired) electrons. The van der Waals surface area contributed by atoms with Gasteiger partial charge in [-0.1, -0.05) is 84.7 Å². The van der Waals surface area contributed by atoms with Crippen LogP contribution in [0.4, 0.5) is 11.4 Å². The van der Waals surface area contributed by atoms with Crippen LogP contribution in [0.25, 0.3) is 0 Å². The maximum absolute atomic E-state index is 12.8. The Bertz CT molecular complexity index is 1940. The van der Waals surface area contributed by atoms with Gasteiger partial charge in [0.2, 0.25) is 0 Å². The summed E-state index contributed by atoms with van der Waals surface area (Å²) in [4.78, 5) is 62.0. The third-order valence-electron chi connectivity index (χ3n) is 9.51. The van der Waals surface area contributed by atoms with E-state index >= 15 is 0 Å². The molecular formula is C45H52BrN5O6. The molecule has 0 unspecified atom stereocenters. The number of methoxy groups -OCH3 is 2. The van der Waals surface area contributed by atoms with Gasteiger partial charge in [-0.2, -0.15) is 9.98 Å². The Kier molecular flexibility index (Phi) is 17.3. The Morgan fingerprint density at radius 2 is 1.02 bits per heavy atom. The predicted molar refractivity (Wildman–Crippen MR) is 231 cm³/mol. The summed E-state index contributed by atoms with van der Waals surface area (Å²) in [5.41, 5.74) is 11.6. The largest absolute Gasteiger partial charge is 0.465 e. The number of amidine groups is 2. The van der Waals surface area contributed by atoms with Crippen LogP contribution in [0.3, 0.4) is 0 Å². The maximum Gasteiger partial charge on any atom is 0.337 e. The molecule has 0 atom stereocenters. The van der Waals surface area contributed by atoms with E-state index in [9.17, 15) is 19.2 Å². The van der Waals surface area contributed by atoms with Crippen molar-refractivity contribution in [1.82, 2.24) is 0 Å². The van der Waals surface area contributed by atoms with Crippen LogP contribution in [0.5, 0.6) is 0 Å². The van der Waals surface area contributed by atoms with Crippen molar-refractivity contribution in [1.29, 1.82) is 0 Å². The Balaban J connectivity index is 0.000000248. The number of hydrogen-bond donors (Lipinski definition) is 1. The number of amides is 2. The van der Waals surface area contributed by atoms with Gasteiger partial charge in [-0.05, 0) is 91.9 Å². The molecule has 0 aliphatic carbocycles. The summed E-state index contributed by atoms with van der Waals surface area (Å²) in [5.74, 6) is -0.156. The standard InChI is InChI=1S/C22H23BrN2O3.C22H25N3O3.CH4/c2*1-28-22(27)18-10-7-9-17(14-18)21(26)24-20-15-16-8-3-4-11-19(16)25(20)13-6-2-5-12-23;/h3-4,7-11,14H,2,5-6,12-13,15H2,1H3;3-4,7-11,14H,2,5-6,12-13,15,23H2,1H3;1H4. The van der Waals surface area contributed by atoms with Gasteiger partial charge >= 0.3 is 11.9 Å². The minimum Gasteiger partial charge on any atom is -0.465 e. The molecule has 2 amide bonds. The first-order valence-electron chi connectivity index (χ1n) is 18.8. The number of benzene rings is 4. The zero-order valence-corrected chi connectivity index (χ0v) is 33.5. The Morgan fingerprint density at radius 3 is 1.44 bits per heavy atom. The minimum absolute atomic E-state index is 0. The topological polar surface area (TPSA) is 144 Å². The maximum atomic E-state index is 12.8. The fraction of sp³-hybridized carbons (Fsp3) is 0.333. The number of para-hydroxylation sites is 2. The molecule has 2 aliphatic rings. The second kappa shape index (κ2) is 22.3. The summed E-state index contributed by atoms with van der Waals surface area (Å²) in [6.45, 7) is 2.32. The van der Waals surface area contributed by atoms with Crippen molar-refractivity contribution < 1.29 is 28.7 Å². The molecule has 4 aromatic carbocycles. The molecule has 2 N–H and O–H groups in total. The predicted octanol–water partition coefficient (Wildman–Crippen LogP) is 8.48. The van der Waals surface area contributed by atoms with Crippen LogP contribution in [0.2, 0.25) is 0 Å². The fourth-order valence-corrected chi connectivity index (χ4v) is 7.04. The van der Waals surface area contributed by atoms with Crippen molar-refractivity contribution >= 4 is 62.7 Å². The third kappa shape index (κ3) is 11.8. The number of ether oxygens (including phenoxy) is 2. The summed E-state index contributed by atoms with van der Waals surface area (Å²) in [7, 11) is 2.63. The minimum atomic E-state index is -0.475. The summed E-state index contributed by atoms with van der Waals surface area (Å²) in [5, 5.41) is 1.000. The molecule has 4 aromatic rings. The molecule has 0 saturated heterocycles. The van der Waals surface area contributed by atoms with Crippen LogP contribution >= 0.6 is 15.9 Å². The van der Waals surface area contributed by atoms with Crippen molar-refractivity contribution in [3.8, 4) is 0 Å². The average Bonchev–Trinajstić information content (AvgIpc) is 3.77. The lowest BCUT2D eigenvalue weighted by Gasteiger charge is -2.20. The number of carbonyl (C=O) groups is 4. The fourth-order valence-electron chi connectivity index (χ4n) is 6.65. The summed E-state index contributed by atoms with van der Waals surface area (Å²) >= 11 is 3.47. The highest BCUT2D eigenvalue weighted by atomic mass is 79.9. The van der Waals surface area contributed by atoms with Crippen LogP contribution in [-0.4, -0.2) is 74.6 Å². The van der Waals surface area contributed by atoms with Crippen LogP contribution in [-0.2, 0) is 22.3 Å². The van der Waals surface area contributed by atoms with Gasteiger partial charge in [0, 0.05) is 53.8 Å². The Labute approximate surface area is 344 Å². The number of anilines is 2. The number of aliphatic imine (C=N–C) groups is 2. The van der Waals surface area contributed by atoms with Crippen molar-refractivity contribution in [2.45, 2.75) is 58.8 Å². The van der Waals surface area contributed by atoms with Crippen LogP contribution < -0.4 is 15.5 Å². The molecule has 57 heavy (non-hydrogen) atoms. The summed E-state index contributed by atoms with van der Waals surface area (Å²) in [6, 6.07) is 29.2. The number of esters is 2. The van der Waals surface area contributed by atoms with E-state index in [1.54, 1.807) is 36.4 Å². The molecule has 300 valence electrons. The van der Waals surface area contributed by atoms with Gasteiger partial charge in [0.05, 0.1) is 25.3 Å². The van der Waals surface area contributed by atoms with Gasteiger partial charge < -0.3 is 25.0 Å². The molecule has 0 saturated carbocycles. The molecule has 6 rings (SSSR count). The van der Waals surface area contributed by atoms with Crippen molar-refractivity contribution in [2.24, 2.45) is 15.7 Å². The second-order valence-electron chi connectivity index (χ2n) is 13.3. The molecule has 0 aromatic heterocycles. The highest BCUT2D eigenvalue weighted by Gasteiger charge is 2.27.